The summed E-state index contributed by atoms with van der Waals surface area (Å²) in [6.07, 6.45) is 0. The van der Waals surface area contributed by atoms with Crippen LogP contribution in [0.1, 0.15) is 19.4 Å². The van der Waals surface area contributed by atoms with Crippen molar-refractivity contribution < 1.29 is 18.9 Å². The quantitative estimate of drug-likeness (QED) is 0.275. The molecule has 1 unspecified atom stereocenters. The summed E-state index contributed by atoms with van der Waals surface area (Å²) in [5, 5.41) is 11.0. The average molecular weight is 516 g/mol. The highest BCUT2D eigenvalue weighted by Crippen LogP contribution is 2.46. The molecule has 3 aromatic carbocycles. The van der Waals surface area contributed by atoms with E-state index in [0.29, 0.717) is 23.0 Å². The predicted molar refractivity (Wildman–Crippen MR) is 154 cm³/mol. The molecule has 4 rings (SSSR count). The second-order valence-electron chi connectivity index (χ2n) is 9.69. The van der Waals surface area contributed by atoms with E-state index in [1.165, 1.54) is 0 Å². The Morgan fingerprint density at radius 1 is 0.658 bits per heavy atom. The maximum absolute atomic E-state index is 6.04. The number of methoxy groups -OCH3 is 4. The number of nitrogens with one attached hydrogen (secondary N) is 3. The zero-order chi connectivity index (χ0) is 27.3. The van der Waals surface area contributed by atoms with E-state index in [2.05, 4.69) is 48.9 Å². The molecule has 7 heteroatoms. The van der Waals surface area contributed by atoms with Gasteiger partial charge in [-0.05, 0) is 30.7 Å². The molecule has 0 amide bonds. The van der Waals surface area contributed by atoms with Crippen LogP contribution in [-0.2, 0) is 9.47 Å². The Balaban J connectivity index is 1.91. The van der Waals surface area contributed by atoms with Gasteiger partial charge in [0.2, 0.25) is 0 Å². The molecule has 1 aliphatic carbocycles. The standard InChI is InChI=1S/C31H37N3O4/c1-20-13-11-12-16-25(20)34-29-26(32-22-17-23(35-4)19-24(18-22)36-5)27(37-6)28(38-7)30(31(29,2)3)33-21-14-9-8-10-15-21/h8-19,29,32-34H,1-7H3. The van der Waals surface area contributed by atoms with Gasteiger partial charge < -0.3 is 34.9 Å². The number of ether oxygens (including phenoxy) is 4. The smallest absolute Gasteiger partial charge is 0.184 e. The SMILES string of the molecule is COC1=C(Nc2cc(OC)cc(OC)c2)C(Nc2ccccc2C)C(C)(C)C(Nc2ccccc2)=C1OC. The maximum Gasteiger partial charge on any atom is 0.184 e. The van der Waals surface area contributed by atoms with Gasteiger partial charge in [-0.25, -0.2) is 0 Å². The summed E-state index contributed by atoms with van der Waals surface area (Å²) in [5.41, 5.74) is 5.19. The molecule has 3 N–H and O–H groups in total. The van der Waals surface area contributed by atoms with E-state index in [0.717, 1.165) is 34.0 Å². The predicted octanol–water partition coefficient (Wildman–Crippen LogP) is 6.77. The van der Waals surface area contributed by atoms with Crippen molar-refractivity contribution in [1.29, 1.82) is 0 Å². The zero-order valence-electron chi connectivity index (χ0n) is 23.1. The summed E-state index contributed by atoms with van der Waals surface area (Å²) in [4.78, 5) is 0. The third-order valence-electron chi connectivity index (χ3n) is 6.86. The third kappa shape index (κ3) is 5.37. The molecule has 1 atom stereocenters. The monoisotopic (exact) mass is 515 g/mol. The lowest BCUT2D eigenvalue weighted by Gasteiger charge is -2.44. The van der Waals surface area contributed by atoms with Crippen LogP contribution in [0.4, 0.5) is 17.1 Å². The van der Waals surface area contributed by atoms with Crippen molar-refractivity contribution >= 4 is 17.1 Å². The van der Waals surface area contributed by atoms with Gasteiger partial charge >= 0.3 is 0 Å². The Morgan fingerprint density at radius 3 is 1.84 bits per heavy atom. The number of anilines is 3. The molecule has 0 aliphatic heterocycles. The van der Waals surface area contributed by atoms with E-state index in [-0.39, 0.29) is 6.04 Å². The van der Waals surface area contributed by atoms with Crippen molar-refractivity contribution in [1.82, 2.24) is 0 Å². The highest BCUT2D eigenvalue weighted by Gasteiger charge is 2.46. The van der Waals surface area contributed by atoms with Gasteiger partial charge in [0, 0.05) is 40.7 Å². The van der Waals surface area contributed by atoms with Gasteiger partial charge in [-0.3, -0.25) is 0 Å². The largest absolute Gasteiger partial charge is 0.497 e. The van der Waals surface area contributed by atoms with E-state index in [9.17, 15) is 0 Å². The first-order chi connectivity index (χ1) is 18.3. The first-order valence-electron chi connectivity index (χ1n) is 12.5. The number of rotatable bonds is 10. The number of hydrogen-bond donors (Lipinski definition) is 3. The summed E-state index contributed by atoms with van der Waals surface area (Å²) >= 11 is 0. The van der Waals surface area contributed by atoms with Gasteiger partial charge in [-0.1, -0.05) is 50.2 Å². The van der Waals surface area contributed by atoms with E-state index in [4.69, 9.17) is 18.9 Å². The highest BCUT2D eigenvalue weighted by atomic mass is 16.5. The fourth-order valence-corrected chi connectivity index (χ4v) is 4.75. The Bertz CT molecular complexity index is 1310. The molecule has 200 valence electrons. The van der Waals surface area contributed by atoms with Gasteiger partial charge in [-0.2, -0.15) is 0 Å². The summed E-state index contributed by atoms with van der Waals surface area (Å²) < 4.78 is 23.1. The topological polar surface area (TPSA) is 73.0 Å². The van der Waals surface area contributed by atoms with E-state index in [1.807, 2.05) is 60.7 Å². The Kier molecular flexibility index (Phi) is 8.05. The molecule has 0 bridgehead atoms. The fourth-order valence-electron chi connectivity index (χ4n) is 4.75. The molecule has 0 saturated heterocycles. The van der Waals surface area contributed by atoms with Crippen molar-refractivity contribution in [2.75, 3.05) is 44.4 Å². The zero-order valence-corrected chi connectivity index (χ0v) is 23.1. The van der Waals surface area contributed by atoms with E-state index < -0.39 is 5.41 Å². The highest BCUT2D eigenvalue weighted by molar-refractivity contribution is 5.65. The maximum atomic E-state index is 6.04. The molecule has 0 fully saturated rings. The number of aryl methyl sites for hydroxylation is 1. The Morgan fingerprint density at radius 2 is 1.26 bits per heavy atom. The molecule has 7 nitrogen and oxygen atoms in total. The van der Waals surface area contributed by atoms with E-state index >= 15 is 0 Å². The molecule has 0 saturated carbocycles. The summed E-state index contributed by atoms with van der Waals surface area (Å²) in [6, 6.07) is 23.8. The lowest BCUT2D eigenvalue weighted by atomic mass is 9.74. The summed E-state index contributed by atoms with van der Waals surface area (Å²) in [5.74, 6) is 2.58. The number of benzene rings is 3. The normalized spacial score (nSPS) is 16.6. The third-order valence-corrected chi connectivity index (χ3v) is 6.86. The molecule has 1 aliphatic rings. The minimum Gasteiger partial charge on any atom is -0.497 e. The second kappa shape index (κ2) is 11.4. The number of hydrogen-bond acceptors (Lipinski definition) is 7. The first-order valence-corrected chi connectivity index (χ1v) is 12.5. The average Bonchev–Trinajstić information content (AvgIpc) is 2.93. The van der Waals surface area contributed by atoms with Crippen LogP contribution in [0.2, 0.25) is 0 Å². The van der Waals surface area contributed by atoms with Crippen molar-refractivity contribution in [3.8, 4) is 11.5 Å². The van der Waals surface area contributed by atoms with Crippen LogP contribution < -0.4 is 25.4 Å². The summed E-state index contributed by atoms with van der Waals surface area (Å²) in [6.45, 7) is 6.47. The van der Waals surface area contributed by atoms with Gasteiger partial charge in [0.15, 0.2) is 11.5 Å². The Hall–Kier alpha value is -4.26. The van der Waals surface area contributed by atoms with Crippen LogP contribution >= 0.6 is 0 Å². The second-order valence-corrected chi connectivity index (χ2v) is 9.69. The lowest BCUT2D eigenvalue weighted by Crippen LogP contribution is -2.47. The van der Waals surface area contributed by atoms with E-state index in [1.54, 1.807) is 28.4 Å². The Labute approximate surface area is 225 Å². The van der Waals surface area contributed by atoms with Crippen LogP contribution in [0.25, 0.3) is 0 Å². The van der Waals surface area contributed by atoms with Crippen molar-refractivity contribution in [3.05, 3.63) is 101 Å². The molecule has 0 radical (unpaired) electrons. The molecular formula is C31H37N3O4. The molecule has 0 aromatic heterocycles. The molecular weight excluding hydrogens is 478 g/mol. The van der Waals surface area contributed by atoms with Gasteiger partial charge in [0.05, 0.1) is 45.9 Å². The fraction of sp³-hybridized carbons (Fsp3) is 0.290. The van der Waals surface area contributed by atoms with Crippen molar-refractivity contribution in [2.24, 2.45) is 5.41 Å². The van der Waals surface area contributed by atoms with Crippen LogP contribution in [0.15, 0.2) is 95.7 Å². The lowest BCUT2D eigenvalue weighted by molar-refractivity contribution is 0.192. The van der Waals surface area contributed by atoms with Gasteiger partial charge in [0.25, 0.3) is 0 Å². The van der Waals surface area contributed by atoms with Crippen molar-refractivity contribution in [3.63, 3.8) is 0 Å². The van der Waals surface area contributed by atoms with Crippen molar-refractivity contribution in [2.45, 2.75) is 26.8 Å². The van der Waals surface area contributed by atoms with Gasteiger partial charge in [0.1, 0.15) is 11.5 Å². The summed E-state index contributed by atoms with van der Waals surface area (Å²) in [7, 11) is 6.60. The van der Waals surface area contributed by atoms with Crippen LogP contribution in [0.5, 0.6) is 11.5 Å². The van der Waals surface area contributed by atoms with Crippen LogP contribution in [0.3, 0.4) is 0 Å². The molecule has 0 spiro atoms. The minimum atomic E-state index is -0.475. The van der Waals surface area contributed by atoms with Crippen LogP contribution in [-0.4, -0.2) is 34.5 Å². The number of para-hydroxylation sites is 2. The first kappa shape index (κ1) is 26.8. The molecule has 3 aromatic rings. The van der Waals surface area contributed by atoms with Crippen LogP contribution in [0, 0.1) is 12.3 Å². The minimum absolute atomic E-state index is 0.235. The molecule has 0 heterocycles. The molecule has 38 heavy (non-hydrogen) atoms. The van der Waals surface area contributed by atoms with Gasteiger partial charge in [-0.15, -0.1) is 0 Å².